The van der Waals surface area contributed by atoms with E-state index >= 15 is 0 Å². The second-order valence-corrected chi connectivity index (χ2v) is 11.7. The number of hydrogen-bond acceptors (Lipinski definition) is 4. The zero-order chi connectivity index (χ0) is 27.6. The summed E-state index contributed by atoms with van der Waals surface area (Å²) in [6.07, 6.45) is 7.65. The monoisotopic (exact) mass is 612 g/mol. The van der Waals surface area contributed by atoms with E-state index in [2.05, 4.69) is 82.8 Å². The number of hydrogen-bond donors (Lipinski definition) is 1. The molecule has 0 spiro atoms. The first-order chi connectivity index (χ1) is 19.5. The molecule has 0 bridgehead atoms. The lowest BCUT2D eigenvalue weighted by molar-refractivity contribution is 0.282. The second-order valence-electron chi connectivity index (χ2n) is 10.4. The Hall–Kier alpha value is -3.54. The van der Waals surface area contributed by atoms with Crippen LogP contribution in [0.3, 0.4) is 0 Å². The normalized spacial score (nSPS) is 19.2. The fraction of sp³-hybridized carbons (Fsp3) is 0.206. The number of halogens is 2. The summed E-state index contributed by atoms with van der Waals surface area (Å²) in [5.41, 5.74) is 8.04. The predicted molar refractivity (Wildman–Crippen MR) is 168 cm³/mol. The lowest BCUT2D eigenvalue weighted by Gasteiger charge is -2.37. The standard InChI is InChI=1S/C34H30BrClN2O2/c1-21-9-14-31-29(15-21)27-7-4-8-28(27)33(38-31)24-10-12-26(13-11-24)37-19-23-17-30(35)34(32(18-23)39-2)40-20-22-5-3-6-25(36)16-22/h3-7,9-19,27-28,33,38H,8,20H2,1-2H3/t27-,28-,33+/m1/s1. The van der Waals surface area contributed by atoms with Gasteiger partial charge in [-0.1, -0.05) is 65.7 Å². The fourth-order valence-electron chi connectivity index (χ4n) is 5.70. The lowest BCUT2D eigenvalue weighted by Crippen LogP contribution is -2.29. The van der Waals surface area contributed by atoms with Crippen LogP contribution in [0.15, 0.2) is 100 Å². The molecule has 2 aliphatic rings. The zero-order valence-electron chi connectivity index (χ0n) is 22.4. The van der Waals surface area contributed by atoms with Gasteiger partial charge >= 0.3 is 0 Å². The van der Waals surface area contributed by atoms with Crippen LogP contribution in [0.1, 0.15) is 46.2 Å². The van der Waals surface area contributed by atoms with Gasteiger partial charge in [0.05, 0.1) is 23.3 Å². The molecule has 0 unspecified atom stereocenters. The Kier molecular flexibility index (Phi) is 7.68. The van der Waals surface area contributed by atoms with Gasteiger partial charge in [-0.15, -0.1) is 0 Å². The molecule has 0 fully saturated rings. The second kappa shape index (κ2) is 11.5. The topological polar surface area (TPSA) is 42.8 Å². The summed E-state index contributed by atoms with van der Waals surface area (Å²) in [5.74, 6) is 2.25. The first-order valence-corrected chi connectivity index (χ1v) is 14.6. The Morgan fingerprint density at radius 3 is 2.70 bits per heavy atom. The van der Waals surface area contributed by atoms with Crippen LogP contribution in [0.25, 0.3) is 0 Å². The third-order valence-electron chi connectivity index (χ3n) is 7.66. The van der Waals surface area contributed by atoms with E-state index in [0.29, 0.717) is 35.0 Å². The number of fused-ring (bicyclic) bond motifs is 3. The predicted octanol–water partition coefficient (Wildman–Crippen LogP) is 9.58. The molecule has 1 aliphatic heterocycles. The number of benzene rings is 4. The number of ether oxygens (including phenoxy) is 2. The van der Waals surface area contributed by atoms with E-state index in [1.165, 1.54) is 22.4 Å². The van der Waals surface area contributed by atoms with E-state index in [-0.39, 0.29) is 6.04 Å². The van der Waals surface area contributed by atoms with Gasteiger partial charge in [0.2, 0.25) is 0 Å². The number of aryl methyl sites for hydroxylation is 1. The van der Waals surface area contributed by atoms with Gasteiger partial charge in [0, 0.05) is 22.8 Å². The molecule has 0 saturated heterocycles. The zero-order valence-corrected chi connectivity index (χ0v) is 24.7. The molecule has 0 aromatic heterocycles. The molecule has 0 saturated carbocycles. The van der Waals surface area contributed by atoms with E-state index < -0.39 is 0 Å². The molecule has 1 heterocycles. The number of anilines is 1. The van der Waals surface area contributed by atoms with Gasteiger partial charge in [0.15, 0.2) is 11.5 Å². The number of nitrogens with zero attached hydrogens (tertiary/aromatic N) is 1. The van der Waals surface area contributed by atoms with Crippen molar-refractivity contribution in [3.8, 4) is 11.5 Å². The number of rotatable bonds is 7. The van der Waals surface area contributed by atoms with Gasteiger partial charge in [-0.05, 0) is 99.9 Å². The van der Waals surface area contributed by atoms with E-state index in [9.17, 15) is 0 Å². The van der Waals surface area contributed by atoms with Crippen LogP contribution in [-0.4, -0.2) is 13.3 Å². The quantitative estimate of drug-likeness (QED) is 0.167. The highest BCUT2D eigenvalue weighted by Crippen LogP contribution is 2.50. The first-order valence-electron chi connectivity index (χ1n) is 13.4. The van der Waals surface area contributed by atoms with Crippen LogP contribution in [0.2, 0.25) is 5.02 Å². The lowest BCUT2D eigenvalue weighted by atomic mass is 9.76. The van der Waals surface area contributed by atoms with E-state index in [1.54, 1.807) is 7.11 Å². The number of nitrogens with one attached hydrogen (secondary N) is 1. The Balaban J connectivity index is 1.17. The largest absolute Gasteiger partial charge is 0.493 e. The Bertz CT molecular complexity index is 1600. The highest BCUT2D eigenvalue weighted by molar-refractivity contribution is 9.10. The van der Waals surface area contributed by atoms with Crippen LogP contribution in [0.4, 0.5) is 11.4 Å². The molecule has 4 aromatic carbocycles. The van der Waals surface area contributed by atoms with E-state index in [1.807, 2.05) is 42.6 Å². The maximum absolute atomic E-state index is 6.11. The average molecular weight is 614 g/mol. The van der Waals surface area contributed by atoms with Crippen molar-refractivity contribution < 1.29 is 9.47 Å². The number of aliphatic imine (C=N–C) groups is 1. The molecule has 6 rings (SSSR count). The summed E-state index contributed by atoms with van der Waals surface area (Å²) < 4.78 is 12.5. The minimum Gasteiger partial charge on any atom is -0.493 e. The van der Waals surface area contributed by atoms with Gasteiger partial charge in [-0.3, -0.25) is 4.99 Å². The van der Waals surface area contributed by atoms with Crippen molar-refractivity contribution in [1.29, 1.82) is 0 Å². The molecular weight excluding hydrogens is 584 g/mol. The van der Waals surface area contributed by atoms with Crippen LogP contribution < -0.4 is 14.8 Å². The number of allylic oxidation sites excluding steroid dienone is 2. The first kappa shape index (κ1) is 26.7. The molecule has 0 radical (unpaired) electrons. The van der Waals surface area contributed by atoms with Crippen molar-refractivity contribution in [2.24, 2.45) is 10.9 Å². The minimum atomic E-state index is 0.271. The maximum Gasteiger partial charge on any atom is 0.175 e. The molecule has 4 aromatic rings. The third-order valence-corrected chi connectivity index (χ3v) is 8.48. The van der Waals surface area contributed by atoms with Gasteiger partial charge in [0.1, 0.15) is 6.61 Å². The van der Waals surface area contributed by atoms with Crippen molar-refractivity contribution in [1.82, 2.24) is 0 Å². The van der Waals surface area contributed by atoms with Crippen molar-refractivity contribution in [3.05, 3.63) is 128 Å². The number of methoxy groups -OCH3 is 1. The van der Waals surface area contributed by atoms with Gasteiger partial charge in [0.25, 0.3) is 0 Å². The molecule has 1 N–H and O–H groups in total. The maximum atomic E-state index is 6.11. The molecule has 0 amide bonds. The van der Waals surface area contributed by atoms with Gasteiger partial charge < -0.3 is 14.8 Å². The molecule has 4 nitrogen and oxygen atoms in total. The van der Waals surface area contributed by atoms with E-state index in [0.717, 1.165) is 27.7 Å². The molecule has 3 atom stereocenters. The molecule has 202 valence electrons. The Morgan fingerprint density at radius 1 is 1.05 bits per heavy atom. The Labute approximate surface area is 248 Å². The summed E-state index contributed by atoms with van der Waals surface area (Å²) in [7, 11) is 1.64. The SMILES string of the molecule is COc1cc(C=Nc2ccc([C@@H]3Nc4ccc(C)cc4[C@@H]4C=CC[C@H]43)cc2)cc(Br)c1OCc1cccc(Cl)c1. The van der Waals surface area contributed by atoms with Crippen LogP contribution in [-0.2, 0) is 6.61 Å². The minimum absolute atomic E-state index is 0.271. The fourth-order valence-corrected chi connectivity index (χ4v) is 6.48. The van der Waals surface area contributed by atoms with Crippen LogP contribution in [0, 0.1) is 12.8 Å². The summed E-state index contributed by atoms with van der Waals surface area (Å²) in [4.78, 5) is 4.73. The average Bonchev–Trinajstić information content (AvgIpc) is 3.46. The summed E-state index contributed by atoms with van der Waals surface area (Å²) in [6, 6.07) is 27.1. The Morgan fingerprint density at radius 2 is 1.90 bits per heavy atom. The summed E-state index contributed by atoms with van der Waals surface area (Å²) in [5, 5.41) is 4.50. The van der Waals surface area contributed by atoms with Crippen molar-refractivity contribution in [2.45, 2.75) is 31.9 Å². The highest BCUT2D eigenvalue weighted by Gasteiger charge is 2.37. The highest BCUT2D eigenvalue weighted by atomic mass is 79.9. The third kappa shape index (κ3) is 5.54. The van der Waals surface area contributed by atoms with Gasteiger partial charge in [-0.25, -0.2) is 0 Å². The van der Waals surface area contributed by atoms with Crippen LogP contribution in [0.5, 0.6) is 11.5 Å². The van der Waals surface area contributed by atoms with Crippen molar-refractivity contribution in [3.63, 3.8) is 0 Å². The van der Waals surface area contributed by atoms with Crippen molar-refractivity contribution in [2.75, 3.05) is 12.4 Å². The summed E-state index contributed by atoms with van der Waals surface area (Å²) in [6.45, 7) is 2.55. The van der Waals surface area contributed by atoms with Crippen molar-refractivity contribution >= 4 is 45.1 Å². The summed E-state index contributed by atoms with van der Waals surface area (Å²) >= 11 is 9.74. The molecule has 6 heteroatoms. The van der Waals surface area contributed by atoms with Crippen LogP contribution >= 0.6 is 27.5 Å². The molecular formula is C34H30BrClN2O2. The smallest absolute Gasteiger partial charge is 0.175 e. The van der Waals surface area contributed by atoms with E-state index in [4.69, 9.17) is 26.1 Å². The molecule has 40 heavy (non-hydrogen) atoms. The molecule has 1 aliphatic carbocycles. The van der Waals surface area contributed by atoms with Gasteiger partial charge in [-0.2, -0.15) is 0 Å².